The quantitative estimate of drug-likeness (QED) is 0.870. The molecule has 0 aliphatic carbocycles. The van der Waals surface area contributed by atoms with Crippen LogP contribution >= 0.6 is 0 Å². The number of anilines is 2. The Labute approximate surface area is 106 Å². The van der Waals surface area contributed by atoms with Crippen LogP contribution in [0.2, 0.25) is 0 Å². The minimum Gasteiger partial charge on any atom is -0.397 e. The van der Waals surface area contributed by atoms with Crippen LogP contribution in [0.1, 0.15) is 11.1 Å². The van der Waals surface area contributed by atoms with Crippen LogP contribution in [0.25, 0.3) is 0 Å². The molecule has 0 spiro atoms. The normalized spacial score (nSPS) is 10.3. The standard InChI is InChI=1S/C14H16FN3/c1-10-8-12(15)3-2-11(10)6-7-17-14-5-4-13(16)9-18-14/h2-5,8-9H,6-7,16H2,1H3,(H,17,18). The van der Waals surface area contributed by atoms with E-state index in [1.165, 1.54) is 6.07 Å². The van der Waals surface area contributed by atoms with Gasteiger partial charge < -0.3 is 11.1 Å². The lowest BCUT2D eigenvalue weighted by Crippen LogP contribution is -2.07. The van der Waals surface area contributed by atoms with Gasteiger partial charge >= 0.3 is 0 Å². The van der Waals surface area contributed by atoms with Crippen molar-refractivity contribution in [3.63, 3.8) is 0 Å². The first-order valence-electron chi connectivity index (χ1n) is 5.85. The Bertz CT molecular complexity index is 523. The Morgan fingerprint density at radius 1 is 1.28 bits per heavy atom. The second-order valence-corrected chi connectivity index (χ2v) is 4.22. The van der Waals surface area contributed by atoms with E-state index in [0.29, 0.717) is 5.69 Å². The third-order valence-electron chi connectivity index (χ3n) is 2.79. The van der Waals surface area contributed by atoms with Gasteiger partial charge in [-0.3, -0.25) is 0 Å². The maximum atomic E-state index is 12.9. The molecule has 4 heteroatoms. The number of nitrogens with one attached hydrogen (secondary N) is 1. The lowest BCUT2D eigenvalue weighted by atomic mass is 10.1. The zero-order valence-electron chi connectivity index (χ0n) is 10.3. The van der Waals surface area contributed by atoms with Crippen LogP contribution < -0.4 is 11.1 Å². The van der Waals surface area contributed by atoms with Gasteiger partial charge in [0.15, 0.2) is 0 Å². The van der Waals surface area contributed by atoms with Gasteiger partial charge in [-0.15, -0.1) is 0 Å². The number of hydrogen-bond acceptors (Lipinski definition) is 3. The van der Waals surface area contributed by atoms with Crippen molar-refractivity contribution in [2.75, 3.05) is 17.6 Å². The zero-order valence-corrected chi connectivity index (χ0v) is 10.3. The van der Waals surface area contributed by atoms with Gasteiger partial charge in [-0.05, 0) is 48.7 Å². The Kier molecular flexibility index (Phi) is 3.77. The van der Waals surface area contributed by atoms with Crippen molar-refractivity contribution >= 4 is 11.5 Å². The van der Waals surface area contributed by atoms with Gasteiger partial charge in [0.25, 0.3) is 0 Å². The summed E-state index contributed by atoms with van der Waals surface area (Å²) in [6, 6.07) is 8.51. The molecular formula is C14H16FN3. The second kappa shape index (κ2) is 5.49. The summed E-state index contributed by atoms with van der Waals surface area (Å²) in [4.78, 5) is 4.15. The lowest BCUT2D eigenvalue weighted by molar-refractivity contribution is 0.625. The van der Waals surface area contributed by atoms with Crippen LogP contribution in [0.5, 0.6) is 0 Å². The molecule has 1 heterocycles. The Morgan fingerprint density at radius 3 is 2.78 bits per heavy atom. The number of nitrogens with two attached hydrogens (primary N) is 1. The molecule has 0 fully saturated rings. The van der Waals surface area contributed by atoms with Crippen LogP contribution in [0.15, 0.2) is 36.5 Å². The summed E-state index contributed by atoms with van der Waals surface area (Å²) >= 11 is 0. The Hall–Kier alpha value is -2.10. The first-order chi connectivity index (χ1) is 8.65. The van der Waals surface area contributed by atoms with E-state index >= 15 is 0 Å². The number of halogens is 1. The maximum absolute atomic E-state index is 12.9. The fourth-order valence-electron chi connectivity index (χ4n) is 1.77. The molecule has 0 atom stereocenters. The van der Waals surface area contributed by atoms with Crippen molar-refractivity contribution < 1.29 is 4.39 Å². The highest BCUT2D eigenvalue weighted by Crippen LogP contribution is 2.11. The number of rotatable bonds is 4. The molecule has 94 valence electrons. The molecule has 1 aromatic carbocycles. The number of aryl methyl sites for hydroxylation is 1. The number of pyridine rings is 1. The van der Waals surface area contributed by atoms with Crippen LogP contribution in [0, 0.1) is 12.7 Å². The first-order valence-corrected chi connectivity index (χ1v) is 5.85. The van der Waals surface area contributed by atoms with Crippen LogP contribution in [0.4, 0.5) is 15.9 Å². The minimum absolute atomic E-state index is 0.190. The first kappa shape index (κ1) is 12.4. The third kappa shape index (κ3) is 3.20. The fourth-order valence-corrected chi connectivity index (χ4v) is 1.77. The number of nitrogen functional groups attached to an aromatic ring is 1. The Balaban J connectivity index is 1.90. The molecule has 18 heavy (non-hydrogen) atoms. The van der Waals surface area contributed by atoms with Crippen molar-refractivity contribution in [2.24, 2.45) is 0 Å². The average Bonchev–Trinajstić information content (AvgIpc) is 2.34. The molecular weight excluding hydrogens is 229 g/mol. The van der Waals surface area contributed by atoms with E-state index in [9.17, 15) is 4.39 Å². The predicted molar refractivity (Wildman–Crippen MR) is 72.0 cm³/mol. The molecule has 0 bridgehead atoms. The summed E-state index contributed by atoms with van der Waals surface area (Å²) in [5, 5.41) is 3.20. The van der Waals surface area contributed by atoms with Gasteiger partial charge in [-0.1, -0.05) is 6.07 Å². The largest absolute Gasteiger partial charge is 0.397 e. The highest BCUT2D eigenvalue weighted by atomic mass is 19.1. The van der Waals surface area contributed by atoms with E-state index in [1.807, 2.05) is 19.1 Å². The molecule has 2 aromatic rings. The number of hydrogen-bond donors (Lipinski definition) is 2. The highest BCUT2D eigenvalue weighted by molar-refractivity contribution is 5.43. The summed E-state index contributed by atoms with van der Waals surface area (Å²) < 4.78 is 12.9. The van der Waals surface area contributed by atoms with Gasteiger partial charge in [0.2, 0.25) is 0 Å². The second-order valence-electron chi connectivity index (χ2n) is 4.22. The molecule has 2 rings (SSSR count). The molecule has 0 radical (unpaired) electrons. The molecule has 0 saturated carbocycles. The summed E-state index contributed by atoms with van der Waals surface area (Å²) in [5.41, 5.74) is 8.32. The average molecular weight is 245 g/mol. The smallest absolute Gasteiger partial charge is 0.126 e. The molecule has 0 amide bonds. The van der Waals surface area contributed by atoms with Crippen LogP contribution in [-0.4, -0.2) is 11.5 Å². The van der Waals surface area contributed by atoms with Crippen molar-refractivity contribution in [1.29, 1.82) is 0 Å². The van der Waals surface area contributed by atoms with Gasteiger partial charge in [0.1, 0.15) is 11.6 Å². The van der Waals surface area contributed by atoms with Gasteiger partial charge in [-0.25, -0.2) is 9.37 Å². The van der Waals surface area contributed by atoms with Crippen LogP contribution in [0.3, 0.4) is 0 Å². The van der Waals surface area contributed by atoms with Crippen molar-refractivity contribution in [3.8, 4) is 0 Å². The highest BCUT2D eigenvalue weighted by Gasteiger charge is 2.00. The van der Waals surface area contributed by atoms with E-state index in [1.54, 1.807) is 18.3 Å². The molecule has 0 unspecified atom stereocenters. The number of benzene rings is 1. The topological polar surface area (TPSA) is 50.9 Å². The van der Waals surface area contributed by atoms with E-state index in [-0.39, 0.29) is 5.82 Å². The predicted octanol–water partition coefficient (Wildman–Crippen LogP) is 2.77. The molecule has 3 N–H and O–H groups in total. The zero-order chi connectivity index (χ0) is 13.0. The van der Waals surface area contributed by atoms with Crippen LogP contribution in [-0.2, 0) is 6.42 Å². The van der Waals surface area contributed by atoms with Gasteiger partial charge in [-0.2, -0.15) is 0 Å². The third-order valence-corrected chi connectivity index (χ3v) is 2.79. The summed E-state index contributed by atoms with van der Waals surface area (Å²) in [7, 11) is 0. The minimum atomic E-state index is -0.190. The van der Waals surface area contributed by atoms with E-state index < -0.39 is 0 Å². The maximum Gasteiger partial charge on any atom is 0.126 e. The summed E-state index contributed by atoms with van der Waals surface area (Å²) in [6.07, 6.45) is 2.45. The molecule has 3 nitrogen and oxygen atoms in total. The monoisotopic (exact) mass is 245 g/mol. The Morgan fingerprint density at radius 2 is 2.11 bits per heavy atom. The number of aromatic nitrogens is 1. The van der Waals surface area contributed by atoms with Gasteiger partial charge in [0.05, 0.1) is 11.9 Å². The molecule has 0 aliphatic rings. The van der Waals surface area contributed by atoms with E-state index in [2.05, 4.69) is 10.3 Å². The SMILES string of the molecule is Cc1cc(F)ccc1CCNc1ccc(N)cn1. The molecule has 0 saturated heterocycles. The van der Waals surface area contributed by atoms with Gasteiger partial charge in [0, 0.05) is 6.54 Å². The molecule has 0 aliphatic heterocycles. The fraction of sp³-hybridized carbons (Fsp3) is 0.214. The lowest BCUT2D eigenvalue weighted by Gasteiger charge is -2.08. The van der Waals surface area contributed by atoms with Crippen molar-refractivity contribution in [2.45, 2.75) is 13.3 Å². The van der Waals surface area contributed by atoms with Crippen molar-refractivity contribution in [3.05, 3.63) is 53.5 Å². The summed E-state index contributed by atoms with van der Waals surface area (Å²) in [6.45, 7) is 2.67. The van der Waals surface area contributed by atoms with E-state index in [4.69, 9.17) is 5.73 Å². The van der Waals surface area contributed by atoms with Crippen molar-refractivity contribution in [1.82, 2.24) is 4.98 Å². The molecule has 1 aromatic heterocycles. The number of nitrogens with zero attached hydrogens (tertiary/aromatic N) is 1. The summed E-state index contributed by atoms with van der Waals surface area (Å²) in [5.74, 6) is 0.605. The van der Waals surface area contributed by atoms with E-state index in [0.717, 1.165) is 29.9 Å².